The van der Waals surface area contributed by atoms with Crippen molar-refractivity contribution in [2.45, 2.75) is 38.8 Å². The Kier molecular flexibility index (Phi) is 5.14. The predicted octanol–water partition coefficient (Wildman–Crippen LogP) is 0.387. The standard InChI is InChI=1S/C12H23N3O2S/c1-4-5-14-12(3,9-13)10-15-6-7-18(16,17)8-11(15)2/h11,14H,4-8,10H2,1-3H3. The summed E-state index contributed by atoms with van der Waals surface area (Å²) in [5.41, 5.74) is -0.606. The molecule has 0 amide bonds. The van der Waals surface area contributed by atoms with Crippen LogP contribution < -0.4 is 5.32 Å². The van der Waals surface area contributed by atoms with E-state index in [1.54, 1.807) is 0 Å². The van der Waals surface area contributed by atoms with Crippen molar-refractivity contribution < 1.29 is 8.42 Å². The Morgan fingerprint density at radius 3 is 2.72 bits per heavy atom. The van der Waals surface area contributed by atoms with Crippen LogP contribution in [0.15, 0.2) is 0 Å². The third-order valence-electron chi connectivity index (χ3n) is 3.34. The average molecular weight is 273 g/mol. The Bertz CT molecular complexity index is 416. The molecule has 1 aliphatic heterocycles. The number of nitriles is 1. The molecule has 0 radical (unpaired) electrons. The lowest BCUT2D eigenvalue weighted by atomic mass is 10.0. The molecule has 0 saturated carbocycles. The molecule has 104 valence electrons. The minimum atomic E-state index is -2.89. The minimum absolute atomic E-state index is 0.0140. The Morgan fingerprint density at radius 2 is 2.22 bits per heavy atom. The molecule has 0 aliphatic carbocycles. The molecule has 1 saturated heterocycles. The molecule has 5 nitrogen and oxygen atoms in total. The molecular weight excluding hydrogens is 250 g/mol. The van der Waals surface area contributed by atoms with Gasteiger partial charge in [-0.3, -0.25) is 10.2 Å². The van der Waals surface area contributed by atoms with Gasteiger partial charge in [-0.1, -0.05) is 6.92 Å². The molecule has 1 rings (SSSR count). The van der Waals surface area contributed by atoms with Gasteiger partial charge < -0.3 is 0 Å². The fraction of sp³-hybridized carbons (Fsp3) is 0.917. The first kappa shape index (κ1) is 15.4. The monoisotopic (exact) mass is 273 g/mol. The number of rotatable bonds is 5. The van der Waals surface area contributed by atoms with Crippen molar-refractivity contribution in [3.05, 3.63) is 0 Å². The van der Waals surface area contributed by atoms with Gasteiger partial charge in [0, 0.05) is 19.1 Å². The van der Waals surface area contributed by atoms with Gasteiger partial charge in [0.2, 0.25) is 0 Å². The van der Waals surface area contributed by atoms with Gasteiger partial charge in [0.25, 0.3) is 0 Å². The van der Waals surface area contributed by atoms with Crippen LogP contribution in [0.2, 0.25) is 0 Å². The van der Waals surface area contributed by atoms with Crippen molar-refractivity contribution in [2.24, 2.45) is 0 Å². The summed E-state index contributed by atoms with van der Waals surface area (Å²) < 4.78 is 23.0. The topological polar surface area (TPSA) is 73.2 Å². The molecule has 2 atom stereocenters. The maximum atomic E-state index is 11.5. The highest BCUT2D eigenvalue weighted by Gasteiger charge is 2.33. The van der Waals surface area contributed by atoms with Crippen LogP contribution in [0.3, 0.4) is 0 Å². The van der Waals surface area contributed by atoms with E-state index in [1.165, 1.54) is 0 Å². The van der Waals surface area contributed by atoms with E-state index >= 15 is 0 Å². The predicted molar refractivity (Wildman–Crippen MR) is 72.0 cm³/mol. The summed E-state index contributed by atoms with van der Waals surface area (Å²) in [5.74, 6) is 0.398. The van der Waals surface area contributed by atoms with E-state index < -0.39 is 15.4 Å². The smallest absolute Gasteiger partial charge is 0.153 e. The zero-order valence-corrected chi connectivity index (χ0v) is 12.3. The van der Waals surface area contributed by atoms with Crippen molar-refractivity contribution >= 4 is 9.84 Å². The van der Waals surface area contributed by atoms with Gasteiger partial charge in [-0.05, 0) is 26.8 Å². The van der Waals surface area contributed by atoms with Crippen molar-refractivity contribution in [1.29, 1.82) is 5.26 Å². The normalized spacial score (nSPS) is 27.3. The molecule has 0 aromatic carbocycles. The van der Waals surface area contributed by atoms with E-state index in [2.05, 4.69) is 23.2 Å². The first-order valence-corrected chi connectivity index (χ1v) is 8.25. The summed E-state index contributed by atoms with van der Waals surface area (Å²) in [7, 11) is -2.89. The molecule has 0 spiro atoms. The maximum Gasteiger partial charge on any atom is 0.153 e. The lowest BCUT2D eigenvalue weighted by Gasteiger charge is -2.37. The summed E-state index contributed by atoms with van der Waals surface area (Å²) >= 11 is 0. The lowest BCUT2D eigenvalue weighted by Crippen LogP contribution is -2.56. The van der Waals surface area contributed by atoms with E-state index in [0.29, 0.717) is 13.1 Å². The van der Waals surface area contributed by atoms with Gasteiger partial charge in [-0.25, -0.2) is 8.42 Å². The largest absolute Gasteiger partial charge is 0.299 e. The summed E-state index contributed by atoms with van der Waals surface area (Å²) in [5, 5.41) is 12.5. The molecule has 2 unspecified atom stereocenters. The molecule has 1 N–H and O–H groups in total. The van der Waals surface area contributed by atoms with Crippen LogP contribution >= 0.6 is 0 Å². The Labute approximate surface area is 110 Å². The second-order valence-corrected chi connectivity index (χ2v) is 7.53. The lowest BCUT2D eigenvalue weighted by molar-refractivity contribution is 0.184. The molecular formula is C12H23N3O2S. The van der Waals surface area contributed by atoms with Crippen molar-refractivity contribution in [1.82, 2.24) is 10.2 Å². The van der Waals surface area contributed by atoms with Crippen LogP contribution in [0.4, 0.5) is 0 Å². The van der Waals surface area contributed by atoms with Gasteiger partial charge in [0.05, 0.1) is 17.6 Å². The van der Waals surface area contributed by atoms with Gasteiger partial charge in [0.1, 0.15) is 5.54 Å². The molecule has 0 aromatic heterocycles. The molecule has 6 heteroatoms. The van der Waals surface area contributed by atoms with Gasteiger partial charge >= 0.3 is 0 Å². The second-order valence-electron chi connectivity index (χ2n) is 5.30. The quantitative estimate of drug-likeness (QED) is 0.784. The molecule has 1 fully saturated rings. The Balaban J connectivity index is 2.64. The van der Waals surface area contributed by atoms with E-state index in [9.17, 15) is 13.7 Å². The summed E-state index contributed by atoms with van der Waals surface area (Å²) in [6.45, 7) is 7.73. The second kappa shape index (κ2) is 6.00. The fourth-order valence-electron chi connectivity index (χ4n) is 2.21. The number of nitrogens with one attached hydrogen (secondary N) is 1. The zero-order chi connectivity index (χ0) is 13.8. The number of nitrogens with zero attached hydrogens (tertiary/aromatic N) is 2. The van der Waals surface area contributed by atoms with E-state index in [1.807, 2.05) is 13.8 Å². The highest BCUT2D eigenvalue weighted by molar-refractivity contribution is 7.91. The van der Waals surface area contributed by atoms with Crippen LogP contribution in [-0.4, -0.2) is 56.0 Å². The van der Waals surface area contributed by atoms with Gasteiger partial charge in [0.15, 0.2) is 9.84 Å². The molecule has 0 bridgehead atoms. The fourth-order valence-corrected chi connectivity index (χ4v) is 3.83. The number of sulfone groups is 1. The van der Waals surface area contributed by atoms with E-state index in [0.717, 1.165) is 13.0 Å². The first-order valence-electron chi connectivity index (χ1n) is 6.42. The van der Waals surface area contributed by atoms with Crippen LogP contribution in [-0.2, 0) is 9.84 Å². The molecule has 18 heavy (non-hydrogen) atoms. The SMILES string of the molecule is CCCNC(C)(C#N)CN1CCS(=O)(=O)CC1C. The highest BCUT2D eigenvalue weighted by Crippen LogP contribution is 2.15. The average Bonchev–Trinajstić information content (AvgIpc) is 2.30. The molecule has 1 aliphatic rings. The van der Waals surface area contributed by atoms with Crippen molar-refractivity contribution in [3.63, 3.8) is 0 Å². The van der Waals surface area contributed by atoms with Gasteiger partial charge in [-0.15, -0.1) is 0 Å². The van der Waals surface area contributed by atoms with Crippen LogP contribution in [0, 0.1) is 11.3 Å². The van der Waals surface area contributed by atoms with Crippen molar-refractivity contribution in [2.75, 3.05) is 31.1 Å². The van der Waals surface area contributed by atoms with E-state index in [-0.39, 0.29) is 17.5 Å². The summed E-state index contributed by atoms with van der Waals surface area (Å²) in [6, 6.07) is 2.29. The Hall–Kier alpha value is -0.640. The Morgan fingerprint density at radius 1 is 1.56 bits per heavy atom. The number of hydrogen-bond acceptors (Lipinski definition) is 5. The maximum absolute atomic E-state index is 11.5. The third kappa shape index (κ3) is 4.23. The number of hydrogen-bond donors (Lipinski definition) is 1. The highest BCUT2D eigenvalue weighted by atomic mass is 32.2. The van der Waals surface area contributed by atoms with Gasteiger partial charge in [-0.2, -0.15) is 5.26 Å². The zero-order valence-electron chi connectivity index (χ0n) is 11.4. The minimum Gasteiger partial charge on any atom is -0.299 e. The van der Waals surface area contributed by atoms with Crippen molar-refractivity contribution in [3.8, 4) is 6.07 Å². The van der Waals surface area contributed by atoms with E-state index in [4.69, 9.17) is 0 Å². The summed E-state index contributed by atoms with van der Waals surface area (Å²) in [4.78, 5) is 2.09. The van der Waals surface area contributed by atoms with Crippen LogP contribution in [0.1, 0.15) is 27.2 Å². The summed E-state index contributed by atoms with van der Waals surface area (Å²) in [6.07, 6.45) is 0.973. The third-order valence-corrected chi connectivity index (χ3v) is 5.13. The van der Waals surface area contributed by atoms with Crippen LogP contribution in [0.25, 0.3) is 0 Å². The molecule has 0 aromatic rings. The first-order chi connectivity index (χ1) is 8.32. The molecule has 1 heterocycles. The van der Waals surface area contributed by atoms with Crippen LogP contribution in [0.5, 0.6) is 0 Å².